The van der Waals surface area contributed by atoms with Crippen LogP contribution >= 0.6 is 35.4 Å². The SMILES string of the molecule is COc1cc2cc(c1Cl)N(C)C(O)C[C@H](OC(=O)[C@H](C)N(C)C(=O)c1cc(F)c(NC(=O)[C@H](CCCNC(N)=O)NC(=O)[C@@H](NC(=S)NCCOCCOCCC(=O)ON3C(=O)CCC3=O)C(C)C)cc1Cl)[C@]1(C)O[C@H]1[C@H](C)[C@@H]1C[C@@](O)(NC(=O)O1)[C@H](OC)/C=C/C=C(\C)C2. The fourth-order valence-corrected chi connectivity index (χ4v) is 11.6. The minimum Gasteiger partial charge on any atom is -0.495 e. The van der Waals surface area contributed by atoms with Gasteiger partial charge in [-0.3, -0.25) is 29.3 Å². The van der Waals surface area contributed by atoms with Gasteiger partial charge in [0.1, 0.15) is 64.9 Å². The van der Waals surface area contributed by atoms with E-state index < -0.39 is 143 Å². The molecule has 1 unspecified atom stereocenters. The van der Waals surface area contributed by atoms with Crippen molar-refractivity contribution < 1.29 is 95.7 Å². The standard InChI is InChI=1S/C62H85Cl2FN10O19S/c1-32(2)52(71-59(95)68-20-22-90-24-23-89-21-18-50(79)94-75-47(76)16-17-48(75)77)55(81)69-40(14-12-19-67-58(66)84)54(80)70-41-29-38(63)37(28-39(41)65)56(82)73(7)35(5)57(83)92-46-30-49(78)74(8)42-26-36(27-43(87-9)51(42)64)25-33(3)13-11-15-45(88-10)62(86)31-44(91-60(85)72-62)34(4)53-61(46,6)93-53/h11,13,15,26-29,32,34-35,40,44-46,49,52-53,78,86H,12,14,16-25,30-31H2,1-10H3,(H,69,81)(H,70,80)(H,72,85)(H3,66,67,84)(H2,68,71,95)/b15-11+,33-13+/t34-,35+,40+,44+,45-,46+,49?,52+,53+,61+,62+/m1/s1. The number of fused-ring (bicyclic) bond motifs is 5. The second kappa shape index (κ2) is 34.4. The molecule has 4 aliphatic rings. The smallest absolute Gasteiger partial charge is 0.409 e. The molecule has 4 heterocycles. The maximum atomic E-state index is 16.3. The van der Waals surface area contributed by atoms with E-state index in [2.05, 4.69) is 31.9 Å². The Morgan fingerprint density at radius 1 is 0.968 bits per heavy atom. The molecule has 2 aromatic rings. The van der Waals surface area contributed by atoms with Gasteiger partial charge in [-0.05, 0) is 88.0 Å². The van der Waals surface area contributed by atoms with Gasteiger partial charge in [0.25, 0.3) is 17.7 Å². The summed E-state index contributed by atoms with van der Waals surface area (Å²) in [4.78, 5) is 124. The van der Waals surface area contributed by atoms with Gasteiger partial charge >= 0.3 is 24.1 Å². The molecule has 95 heavy (non-hydrogen) atoms. The van der Waals surface area contributed by atoms with Crippen molar-refractivity contribution in [3.8, 4) is 5.75 Å². The van der Waals surface area contributed by atoms with Gasteiger partial charge in [-0.15, -0.1) is 5.06 Å². The van der Waals surface area contributed by atoms with E-state index in [1.165, 1.54) is 33.1 Å². The monoisotopic (exact) mass is 1390 g/mol. The number of nitrogens with two attached hydrogens (primary N) is 1. The van der Waals surface area contributed by atoms with E-state index in [4.69, 9.17) is 79.1 Å². The van der Waals surface area contributed by atoms with Gasteiger partial charge in [0.05, 0.1) is 68.0 Å². The van der Waals surface area contributed by atoms with E-state index in [1.54, 1.807) is 59.0 Å². The summed E-state index contributed by atoms with van der Waals surface area (Å²) in [6, 6.07) is 0.631. The number of esters is 1. The average molecular weight is 1400 g/mol. The minimum absolute atomic E-state index is 0.00189. The highest BCUT2D eigenvalue weighted by Gasteiger charge is 2.64. The maximum absolute atomic E-state index is 16.3. The third-order valence-electron chi connectivity index (χ3n) is 16.5. The molecule has 0 aromatic heterocycles. The Hall–Kier alpha value is -7.49. The van der Waals surface area contributed by atoms with Gasteiger partial charge < -0.3 is 90.3 Å². The first-order valence-corrected chi connectivity index (χ1v) is 31.9. The summed E-state index contributed by atoms with van der Waals surface area (Å²) in [5.74, 6) is -7.42. The Morgan fingerprint density at radius 3 is 2.31 bits per heavy atom. The summed E-state index contributed by atoms with van der Waals surface area (Å²) in [6.07, 6.45) is -1.67. The highest BCUT2D eigenvalue weighted by Crippen LogP contribution is 2.50. The van der Waals surface area contributed by atoms with Crippen LogP contribution in [-0.2, 0) is 68.4 Å². The Balaban J connectivity index is 1.11. The number of likely N-dealkylation sites (N-methyl/N-ethyl adjacent to an activating group) is 1. The van der Waals surface area contributed by atoms with E-state index in [9.17, 15) is 53.4 Å². The van der Waals surface area contributed by atoms with Gasteiger partial charge in [-0.1, -0.05) is 67.8 Å². The van der Waals surface area contributed by atoms with Crippen LogP contribution in [0.2, 0.25) is 10.0 Å². The number of benzene rings is 2. The predicted molar refractivity (Wildman–Crippen MR) is 346 cm³/mol. The molecule has 10 N–H and O–H groups in total. The fraction of sp³-hybridized carbons (Fsp3) is 0.581. The molecule has 4 aliphatic heterocycles. The molecule has 0 spiro atoms. The summed E-state index contributed by atoms with van der Waals surface area (Å²) < 4.78 is 56.7. The second-order valence-electron chi connectivity index (χ2n) is 23.9. The first-order chi connectivity index (χ1) is 44.8. The predicted octanol–water partition coefficient (Wildman–Crippen LogP) is 3.80. The first-order valence-electron chi connectivity index (χ1n) is 30.7. The molecular weight excluding hydrogens is 1310 g/mol. The number of hydrogen-bond donors (Lipinski definition) is 9. The Labute approximate surface area is 564 Å². The summed E-state index contributed by atoms with van der Waals surface area (Å²) in [5, 5.41) is 40.2. The van der Waals surface area contributed by atoms with E-state index >= 15 is 4.39 Å². The van der Waals surface area contributed by atoms with Crippen LogP contribution in [-0.4, -0.2) is 207 Å². The van der Waals surface area contributed by atoms with Crippen LogP contribution in [0.5, 0.6) is 5.75 Å². The number of primary amides is 1. The highest BCUT2D eigenvalue weighted by molar-refractivity contribution is 7.80. The van der Waals surface area contributed by atoms with Gasteiger partial charge in [-0.25, -0.2) is 23.6 Å². The maximum Gasteiger partial charge on any atom is 0.409 e. The number of hydroxylamine groups is 2. The molecule has 0 radical (unpaired) electrons. The molecular formula is C62H85Cl2FN10O19S. The molecule has 3 fully saturated rings. The lowest BCUT2D eigenvalue weighted by atomic mass is 9.83. The van der Waals surface area contributed by atoms with Gasteiger partial charge in [-0.2, -0.15) is 0 Å². The molecule has 8 amide bonds. The van der Waals surface area contributed by atoms with Crippen molar-refractivity contribution in [1.82, 2.24) is 36.5 Å². The van der Waals surface area contributed by atoms with Crippen LogP contribution in [0.3, 0.4) is 0 Å². The van der Waals surface area contributed by atoms with Crippen molar-refractivity contribution in [2.45, 2.75) is 153 Å². The number of nitrogens with one attached hydrogen (secondary N) is 6. The Bertz CT molecular complexity index is 3230. The molecule has 524 valence electrons. The minimum atomic E-state index is -1.94. The molecule has 0 aliphatic carbocycles. The number of nitrogens with zero attached hydrogens (tertiary/aromatic N) is 3. The van der Waals surface area contributed by atoms with Crippen LogP contribution in [0.25, 0.3) is 0 Å². The number of epoxide rings is 1. The van der Waals surface area contributed by atoms with E-state index in [-0.39, 0.29) is 99.6 Å². The number of allylic oxidation sites excluding steroid dienone is 3. The van der Waals surface area contributed by atoms with Gasteiger partial charge in [0.15, 0.2) is 10.8 Å². The van der Waals surface area contributed by atoms with Crippen LogP contribution in [0, 0.1) is 17.7 Å². The summed E-state index contributed by atoms with van der Waals surface area (Å²) in [7, 11) is 5.67. The second-order valence-corrected chi connectivity index (χ2v) is 25.1. The number of amides is 8. The zero-order valence-electron chi connectivity index (χ0n) is 54.5. The lowest BCUT2D eigenvalue weighted by Gasteiger charge is -2.42. The van der Waals surface area contributed by atoms with E-state index in [0.717, 1.165) is 28.2 Å². The lowest BCUT2D eigenvalue weighted by molar-refractivity contribution is -0.198. The van der Waals surface area contributed by atoms with Crippen LogP contribution in [0.15, 0.2) is 48.1 Å². The van der Waals surface area contributed by atoms with Crippen LogP contribution in [0.4, 0.5) is 25.4 Å². The molecule has 3 saturated heterocycles. The number of aliphatic hydroxyl groups excluding tert-OH is 1. The van der Waals surface area contributed by atoms with Crippen molar-refractivity contribution in [2.75, 3.05) is 78.0 Å². The number of halogens is 3. The van der Waals surface area contributed by atoms with Crippen LogP contribution < -0.4 is 47.3 Å². The third-order valence-corrected chi connectivity index (χ3v) is 17.5. The quantitative estimate of drug-likeness (QED) is 0.0213. The third kappa shape index (κ3) is 20.5. The molecule has 29 nitrogen and oxygen atoms in total. The van der Waals surface area contributed by atoms with E-state index in [0.29, 0.717) is 22.9 Å². The number of anilines is 2. The number of imide groups is 1. The fourth-order valence-electron chi connectivity index (χ4n) is 10.8. The van der Waals surface area contributed by atoms with Gasteiger partial charge in [0, 0.05) is 65.9 Å². The molecule has 4 bridgehead atoms. The average Bonchev–Trinajstić information content (AvgIpc) is 1.58. The molecule has 0 saturated carbocycles. The highest BCUT2D eigenvalue weighted by atomic mass is 35.5. The molecule has 11 atom stereocenters. The van der Waals surface area contributed by atoms with Crippen LogP contribution in [0.1, 0.15) is 102 Å². The number of rotatable bonds is 26. The zero-order chi connectivity index (χ0) is 70.2. The summed E-state index contributed by atoms with van der Waals surface area (Å²) in [6.45, 7) is 10.6. The number of carbonyl (C=O) groups excluding carboxylic acids is 9. The largest absolute Gasteiger partial charge is 0.495 e. The molecule has 2 aromatic carbocycles. The number of hydrogen-bond acceptors (Lipinski definition) is 21. The number of aliphatic hydroxyl groups is 2. The molecule has 6 rings (SSSR count). The van der Waals surface area contributed by atoms with Crippen molar-refractivity contribution in [3.05, 3.63) is 75.1 Å². The van der Waals surface area contributed by atoms with Crippen molar-refractivity contribution in [2.24, 2.45) is 17.6 Å². The Kier molecular flexibility index (Phi) is 27.7. The normalized spacial score (nSPS) is 24.6. The summed E-state index contributed by atoms with van der Waals surface area (Å²) in [5.41, 5.74) is 2.99. The number of carbonyl (C=O) groups is 9. The first kappa shape index (κ1) is 76.5. The van der Waals surface area contributed by atoms with Crippen molar-refractivity contribution >= 4 is 106 Å². The zero-order valence-corrected chi connectivity index (χ0v) is 56.8. The van der Waals surface area contributed by atoms with Crippen molar-refractivity contribution in [3.63, 3.8) is 0 Å². The number of methoxy groups -OCH3 is 2. The lowest BCUT2D eigenvalue weighted by Crippen LogP contribution is -2.63. The molecule has 33 heteroatoms. The number of ether oxygens (including phenoxy) is 7. The van der Waals surface area contributed by atoms with E-state index in [1.807, 2.05) is 13.0 Å². The summed E-state index contributed by atoms with van der Waals surface area (Å²) >= 11 is 19.0. The number of thiocarbonyl (C=S) groups is 1. The number of urea groups is 1. The van der Waals surface area contributed by atoms with Gasteiger partial charge in [0.2, 0.25) is 11.8 Å². The van der Waals surface area contributed by atoms with Crippen molar-refractivity contribution in [1.29, 1.82) is 0 Å². The number of alkyl carbamates (subject to hydrolysis) is 1. The topological polar surface area (TPSA) is 379 Å². The Morgan fingerprint density at radius 2 is 1.65 bits per heavy atom.